The van der Waals surface area contributed by atoms with Crippen LogP contribution in [0.4, 0.5) is 0 Å². The number of carbonyl (C=O) groups excluding carboxylic acids is 1. The van der Waals surface area contributed by atoms with E-state index in [1.165, 1.54) is 6.92 Å². The van der Waals surface area contributed by atoms with Crippen molar-refractivity contribution < 1.29 is 9.53 Å². The molecule has 0 bridgehead atoms. The molecule has 0 amide bonds. The fourth-order valence-electron chi connectivity index (χ4n) is 0.849. The van der Waals surface area contributed by atoms with Crippen LogP contribution in [0.1, 0.15) is 26.2 Å². The molecule has 0 aliphatic carbocycles. The van der Waals surface area contributed by atoms with E-state index in [-0.39, 0.29) is 5.97 Å². The molecule has 0 rings (SSSR count). The highest BCUT2D eigenvalue weighted by atomic mass is 16.5. The zero-order valence-electron chi connectivity index (χ0n) is 8.32. The van der Waals surface area contributed by atoms with E-state index < -0.39 is 6.10 Å². The highest BCUT2D eigenvalue weighted by Gasteiger charge is 2.01. The maximum atomic E-state index is 10.6. The van der Waals surface area contributed by atoms with Gasteiger partial charge in [0, 0.05) is 13.3 Å². The summed E-state index contributed by atoms with van der Waals surface area (Å²) in [5.74, 6) is 4.52. The Hall–Kier alpha value is -1.67. The van der Waals surface area contributed by atoms with Gasteiger partial charge in [0.05, 0.1) is 0 Å². The fourth-order valence-corrected chi connectivity index (χ4v) is 0.849. The Morgan fingerprint density at radius 2 is 2.29 bits per heavy atom. The van der Waals surface area contributed by atoms with Gasteiger partial charge in [-0.2, -0.15) is 0 Å². The Labute approximate surface area is 85.3 Å². The van der Waals surface area contributed by atoms with Crippen LogP contribution >= 0.6 is 0 Å². The maximum absolute atomic E-state index is 10.6. The van der Waals surface area contributed by atoms with Gasteiger partial charge in [0.15, 0.2) is 6.10 Å². The topological polar surface area (TPSA) is 26.3 Å². The quantitative estimate of drug-likeness (QED) is 0.286. The summed E-state index contributed by atoms with van der Waals surface area (Å²) in [5.41, 5.74) is 0. The molecule has 0 aliphatic heterocycles. The molecule has 1 atom stereocenters. The lowest BCUT2D eigenvalue weighted by Gasteiger charge is -2.04. The summed E-state index contributed by atoms with van der Waals surface area (Å²) in [6.45, 7) is 1.33. The molecule has 1 unspecified atom stereocenters. The van der Waals surface area contributed by atoms with Crippen molar-refractivity contribution in [3.8, 4) is 24.7 Å². The first-order chi connectivity index (χ1) is 6.70. The van der Waals surface area contributed by atoms with Crippen LogP contribution in [0, 0.1) is 24.7 Å². The minimum absolute atomic E-state index is 0.374. The minimum atomic E-state index is -0.557. The average Bonchev–Trinajstić information content (AvgIpc) is 2.15. The van der Waals surface area contributed by atoms with Crippen molar-refractivity contribution in [2.45, 2.75) is 32.3 Å². The molecule has 0 aromatic heterocycles. The van der Waals surface area contributed by atoms with Crippen LogP contribution in [0.25, 0.3) is 0 Å². The van der Waals surface area contributed by atoms with Crippen molar-refractivity contribution >= 4 is 5.97 Å². The van der Waals surface area contributed by atoms with Gasteiger partial charge in [0.1, 0.15) is 0 Å². The lowest BCUT2D eigenvalue weighted by molar-refractivity contribution is -0.142. The van der Waals surface area contributed by atoms with Crippen LogP contribution in [-0.4, -0.2) is 12.1 Å². The Morgan fingerprint density at radius 3 is 2.79 bits per heavy atom. The molecule has 0 saturated heterocycles. The van der Waals surface area contributed by atoms with Crippen molar-refractivity contribution in [2.24, 2.45) is 0 Å². The number of hydrogen-bond donors (Lipinski definition) is 0. The van der Waals surface area contributed by atoms with E-state index in [0.717, 1.165) is 19.3 Å². The third-order valence-corrected chi connectivity index (χ3v) is 1.46. The van der Waals surface area contributed by atoms with Crippen molar-refractivity contribution in [2.75, 3.05) is 0 Å². The molecule has 0 spiro atoms. The normalized spacial score (nSPS) is 11.6. The highest BCUT2D eigenvalue weighted by Crippen LogP contribution is 1.99. The summed E-state index contributed by atoms with van der Waals surface area (Å²) in [4.78, 5) is 10.6. The molecule has 2 heteroatoms. The molecule has 74 valence electrons. The second kappa shape index (κ2) is 7.95. The Kier molecular flexibility index (Phi) is 7.00. The van der Waals surface area contributed by atoms with E-state index >= 15 is 0 Å². The van der Waals surface area contributed by atoms with Crippen LogP contribution < -0.4 is 0 Å². The first-order valence-electron chi connectivity index (χ1n) is 4.44. The summed E-state index contributed by atoms with van der Waals surface area (Å²) in [5, 5.41) is 0. The van der Waals surface area contributed by atoms with Crippen molar-refractivity contribution in [1.29, 1.82) is 0 Å². The number of rotatable bonds is 5. The summed E-state index contributed by atoms with van der Waals surface area (Å²) >= 11 is 0. The maximum Gasteiger partial charge on any atom is 0.304 e. The second-order valence-corrected chi connectivity index (χ2v) is 2.72. The molecule has 0 aromatic carbocycles. The van der Waals surface area contributed by atoms with Gasteiger partial charge >= 0.3 is 5.97 Å². The highest BCUT2D eigenvalue weighted by molar-refractivity contribution is 5.66. The predicted octanol–water partition coefficient (Wildman–Crippen LogP) is 1.91. The number of carbonyl (C=O) groups is 1. The van der Waals surface area contributed by atoms with E-state index in [0.29, 0.717) is 0 Å². The van der Waals surface area contributed by atoms with Crippen LogP contribution in [-0.2, 0) is 9.53 Å². The standard InChI is InChI=1S/C12H14O2/c1-4-6-7-8-9-10-12(5-2)14-11(3)13/h1-2,9-10,12H,6-8H2,3H3/b10-9+. The van der Waals surface area contributed by atoms with Crippen LogP contribution in [0.2, 0.25) is 0 Å². The summed E-state index contributed by atoms with van der Waals surface area (Å²) < 4.78 is 4.80. The van der Waals surface area contributed by atoms with E-state index in [1.807, 2.05) is 6.08 Å². The van der Waals surface area contributed by atoms with Gasteiger partial charge in [-0.1, -0.05) is 12.0 Å². The smallest absolute Gasteiger partial charge is 0.304 e. The molecule has 0 aromatic rings. The number of esters is 1. The summed E-state index contributed by atoms with van der Waals surface area (Å²) in [6, 6.07) is 0. The van der Waals surface area contributed by atoms with Gasteiger partial charge in [0.2, 0.25) is 0 Å². The van der Waals surface area contributed by atoms with Gasteiger partial charge in [-0.3, -0.25) is 4.79 Å². The SMILES string of the molecule is C#CCCC/C=C/C(C#C)OC(C)=O. The third-order valence-electron chi connectivity index (χ3n) is 1.46. The zero-order valence-corrected chi connectivity index (χ0v) is 8.32. The molecule has 2 nitrogen and oxygen atoms in total. The number of hydrogen-bond acceptors (Lipinski definition) is 2. The lowest BCUT2D eigenvalue weighted by Crippen LogP contribution is -2.10. The fraction of sp³-hybridized carbons (Fsp3) is 0.417. The summed E-state index contributed by atoms with van der Waals surface area (Å²) in [6.07, 6.45) is 15.8. The minimum Gasteiger partial charge on any atom is -0.445 e. The largest absolute Gasteiger partial charge is 0.445 e. The van der Waals surface area contributed by atoms with Crippen LogP contribution in [0.3, 0.4) is 0 Å². The number of terminal acetylenes is 2. The second-order valence-electron chi connectivity index (χ2n) is 2.72. The van der Waals surface area contributed by atoms with E-state index in [4.69, 9.17) is 17.6 Å². The van der Waals surface area contributed by atoms with E-state index in [1.54, 1.807) is 6.08 Å². The number of allylic oxidation sites excluding steroid dienone is 1. The molecule has 0 radical (unpaired) electrons. The molecule has 14 heavy (non-hydrogen) atoms. The van der Waals surface area contributed by atoms with Gasteiger partial charge in [-0.05, 0) is 18.9 Å². The molecule has 0 heterocycles. The molecule has 0 N–H and O–H groups in total. The lowest BCUT2D eigenvalue weighted by atomic mass is 10.2. The molecular formula is C12H14O2. The number of ether oxygens (including phenoxy) is 1. The molecular weight excluding hydrogens is 176 g/mol. The van der Waals surface area contributed by atoms with Gasteiger partial charge in [-0.25, -0.2) is 0 Å². The van der Waals surface area contributed by atoms with Crippen molar-refractivity contribution in [3.63, 3.8) is 0 Å². The third kappa shape index (κ3) is 7.00. The van der Waals surface area contributed by atoms with Crippen LogP contribution in [0.5, 0.6) is 0 Å². The number of unbranched alkanes of at least 4 members (excludes halogenated alkanes) is 2. The average molecular weight is 190 g/mol. The van der Waals surface area contributed by atoms with E-state index in [2.05, 4.69) is 11.8 Å². The first kappa shape index (κ1) is 12.3. The Morgan fingerprint density at radius 1 is 1.57 bits per heavy atom. The van der Waals surface area contributed by atoms with Gasteiger partial charge < -0.3 is 4.74 Å². The van der Waals surface area contributed by atoms with E-state index in [9.17, 15) is 4.79 Å². The monoisotopic (exact) mass is 190 g/mol. The molecule has 0 saturated carbocycles. The van der Waals surface area contributed by atoms with Crippen molar-refractivity contribution in [3.05, 3.63) is 12.2 Å². The Bertz CT molecular complexity index is 276. The predicted molar refractivity (Wildman–Crippen MR) is 56.2 cm³/mol. The first-order valence-corrected chi connectivity index (χ1v) is 4.44. The van der Waals surface area contributed by atoms with Crippen LogP contribution in [0.15, 0.2) is 12.2 Å². The zero-order chi connectivity index (χ0) is 10.8. The Balaban J connectivity index is 3.77. The molecule has 0 aliphatic rings. The van der Waals surface area contributed by atoms with Gasteiger partial charge in [-0.15, -0.1) is 18.8 Å². The van der Waals surface area contributed by atoms with Crippen molar-refractivity contribution in [1.82, 2.24) is 0 Å². The molecule has 0 fully saturated rings. The van der Waals surface area contributed by atoms with Gasteiger partial charge in [0.25, 0.3) is 0 Å². The summed E-state index contributed by atoms with van der Waals surface area (Å²) in [7, 11) is 0.